The van der Waals surface area contributed by atoms with Crippen LogP contribution in [-0.4, -0.2) is 81.3 Å². The summed E-state index contributed by atoms with van der Waals surface area (Å²) in [5, 5.41) is 2.86. The smallest absolute Gasteiger partial charge is 0.234 e. The van der Waals surface area contributed by atoms with E-state index in [4.69, 9.17) is 10.5 Å². The first-order valence-electron chi connectivity index (χ1n) is 7.63. The van der Waals surface area contributed by atoms with Crippen LogP contribution in [0.15, 0.2) is 0 Å². The molecule has 0 bridgehead atoms. The van der Waals surface area contributed by atoms with Crippen molar-refractivity contribution in [3.05, 3.63) is 0 Å². The summed E-state index contributed by atoms with van der Waals surface area (Å²) in [6.45, 7) is 8.46. The number of hydrogen-bond acceptors (Lipinski definition) is 5. The van der Waals surface area contributed by atoms with Crippen LogP contribution in [0, 0.1) is 0 Å². The van der Waals surface area contributed by atoms with Crippen molar-refractivity contribution in [2.24, 2.45) is 5.73 Å². The highest BCUT2D eigenvalue weighted by Gasteiger charge is 2.23. The average molecular weight is 286 g/mol. The van der Waals surface area contributed by atoms with Gasteiger partial charge in [0.1, 0.15) is 0 Å². The first kappa shape index (κ1) is 17.4. The second-order valence-corrected chi connectivity index (χ2v) is 5.33. The van der Waals surface area contributed by atoms with Gasteiger partial charge in [0.05, 0.1) is 13.2 Å². The summed E-state index contributed by atoms with van der Waals surface area (Å²) in [4.78, 5) is 16.4. The van der Waals surface area contributed by atoms with Crippen molar-refractivity contribution in [1.29, 1.82) is 0 Å². The second kappa shape index (κ2) is 10.1. The van der Waals surface area contributed by atoms with E-state index >= 15 is 0 Å². The van der Waals surface area contributed by atoms with Gasteiger partial charge in [-0.15, -0.1) is 0 Å². The number of ether oxygens (including phenoxy) is 1. The zero-order valence-electron chi connectivity index (χ0n) is 12.9. The molecule has 1 saturated heterocycles. The molecular weight excluding hydrogens is 256 g/mol. The van der Waals surface area contributed by atoms with Crippen LogP contribution in [0.25, 0.3) is 0 Å². The number of nitrogens with zero attached hydrogens (tertiary/aromatic N) is 2. The lowest BCUT2D eigenvalue weighted by Gasteiger charge is -2.38. The molecule has 1 atom stereocenters. The van der Waals surface area contributed by atoms with E-state index in [2.05, 4.69) is 22.0 Å². The van der Waals surface area contributed by atoms with Crippen LogP contribution in [0.5, 0.6) is 0 Å². The quantitative estimate of drug-likeness (QED) is 0.559. The molecule has 1 rings (SSSR count). The van der Waals surface area contributed by atoms with Gasteiger partial charge in [-0.2, -0.15) is 0 Å². The Morgan fingerprint density at radius 2 is 2.05 bits per heavy atom. The lowest BCUT2D eigenvalue weighted by molar-refractivity contribution is -0.122. The number of carbonyl (C=O) groups is 1. The lowest BCUT2D eigenvalue weighted by Crippen LogP contribution is -2.54. The van der Waals surface area contributed by atoms with Crippen molar-refractivity contribution < 1.29 is 9.53 Å². The molecule has 0 aromatic heterocycles. The van der Waals surface area contributed by atoms with Crippen molar-refractivity contribution in [1.82, 2.24) is 15.1 Å². The third-order valence-electron chi connectivity index (χ3n) is 3.81. The van der Waals surface area contributed by atoms with Gasteiger partial charge < -0.3 is 15.8 Å². The first-order valence-corrected chi connectivity index (χ1v) is 7.63. The zero-order valence-corrected chi connectivity index (χ0v) is 12.9. The molecule has 6 nitrogen and oxygen atoms in total. The van der Waals surface area contributed by atoms with Crippen LogP contribution in [0.4, 0.5) is 0 Å². The summed E-state index contributed by atoms with van der Waals surface area (Å²) in [5.41, 5.74) is 5.84. The summed E-state index contributed by atoms with van der Waals surface area (Å²) in [6.07, 6.45) is 2.33. The Hall–Kier alpha value is -0.690. The SMILES string of the molecule is CCCC(CN)N1CCN(CC(=O)NCCOC)CC1. The molecular formula is C14H30N4O2. The molecule has 0 aliphatic carbocycles. The van der Waals surface area contributed by atoms with Gasteiger partial charge in [-0.1, -0.05) is 13.3 Å². The monoisotopic (exact) mass is 286 g/mol. The summed E-state index contributed by atoms with van der Waals surface area (Å²) in [5.74, 6) is 0.0828. The van der Waals surface area contributed by atoms with E-state index in [0.29, 0.717) is 25.7 Å². The third kappa shape index (κ3) is 6.17. The molecule has 20 heavy (non-hydrogen) atoms. The topological polar surface area (TPSA) is 70.8 Å². The second-order valence-electron chi connectivity index (χ2n) is 5.33. The van der Waals surface area contributed by atoms with Crippen molar-refractivity contribution >= 4 is 5.91 Å². The van der Waals surface area contributed by atoms with Gasteiger partial charge in [0.15, 0.2) is 0 Å². The van der Waals surface area contributed by atoms with E-state index in [9.17, 15) is 4.79 Å². The van der Waals surface area contributed by atoms with Crippen LogP contribution in [0.1, 0.15) is 19.8 Å². The maximum atomic E-state index is 11.7. The number of hydrogen-bond donors (Lipinski definition) is 2. The van der Waals surface area contributed by atoms with Crippen molar-refractivity contribution in [3.8, 4) is 0 Å². The molecule has 118 valence electrons. The highest BCUT2D eigenvalue weighted by atomic mass is 16.5. The number of nitrogens with one attached hydrogen (secondary N) is 1. The molecule has 0 aromatic carbocycles. The van der Waals surface area contributed by atoms with E-state index in [-0.39, 0.29) is 5.91 Å². The molecule has 1 aliphatic heterocycles. The predicted octanol–water partition coefficient (Wildman–Crippen LogP) is -0.506. The first-order chi connectivity index (χ1) is 9.71. The molecule has 1 unspecified atom stereocenters. The molecule has 1 amide bonds. The number of methoxy groups -OCH3 is 1. The summed E-state index contributed by atoms with van der Waals surface area (Å²) < 4.78 is 4.91. The van der Waals surface area contributed by atoms with Crippen LogP contribution in [0.2, 0.25) is 0 Å². The summed E-state index contributed by atoms with van der Waals surface area (Å²) in [6, 6.07) is 0.498. The number of piperazine rings is 1. The van der Waals surface area contributed by atoms with Crippen LogP contribution >= 0.6 is 0 Å². The highest BCUT2D eigenvalue weighted by Crippen LogP contribution is 2.10. The number of nitrogens with two attached hydrogens (primary N) is 1. The molecule has 3 N–H and O–H groups in total. The molecule has 0 saturated carbocycles. The molecule has 0 aromatic rings. The van der Waals surface area contributed by atoms with Gasteiger partial charge in [-0.25, -0.2) is 0 Å². The van der Waals surface area contributed by atoms with Crippen molar-refractivity contribution in [3.63, 3.8) is 0 Å². The Labute approximate surface area is 122 Å². The standard InChI is InChI=1S/C14H30N4O2/c1-3-4-13(11-15)18-8-6-17(7-9-18)12-14(19)16-5-10-20-2/h13H,3-12,15H2,1-2H3,(H,16,19). The zero-order chi connectivity index (χ0) is 14.8. The molecule has 1 fully saturated rings. The summed E-state index contributed by atoms with van der Waals surface area (Å²) >= 11 is 0. The molecule has 1 aliphatic rings. The van der Waals surface area contributed by atoms with Gasteiger partial charge in [0.25, 0.3) is 0 Å². The van der Waals surface area contributed by atoms with Crippen molar-refractivity contribution in [2.75, 3.05) is 59.5 Å². The van der Waals surface area contributed by atoms with Gasteiger partial charge >= 0.3 is 0 Å². The fourth-order valence-electron chi connectivity index (χ4n) is 2.62. The minimum Gasteiger partial charge on any atom is -0.383 e. The van der Waals surface area contributed by atoms with Gasteiger partial charge in [0.2, 0.25) is 5.91 Å². The van der Waals surface area contributed by atoms with E-state index < -0.39 is 0 Å². The van der Waals surface area contributed by atoms with Gasteiger partial charge in [-0.3, -0.25) is 14.6 Å². The molecule has 6 heteroatoms. The Balaban J connectivity index is 2.22. The highest BCUT2D eigenvalue weighted by molar-refractivity contribution is 5.77. The Morgan fingerprint density at radius 3 is 2.60 bits per heavy atom. The van der Waals surface area contributed by atoms with E-state index in [1.165, 1.54) is 6.42 Å². The molecule has 0 radical (unpaired) electrons. The predicted molar refractivity (Wildman–Crippen MR) is 80.6 cm³/mol. The number of amides is 1. The number of carbonyl (C=O) groups excluding carboxylic acids is 1. The number of rotatable bonds is 9. The average Bonchev–Trinajstić information content (AvgIpc) is 2.46. The van der Waals surface area contributed by atoms with Crippen molar-refractivity contribution in [2.45, 2.75) is 25.8 Å². The van der Waals surface area contributed by atoms with Gasteiger partial charge in [0, 0.05) is 52.4 Å². The van der Waals surface area contributed by atoms with Crippen LogP contribution in [0.3, 0.4) is 0 Å². The Morgan fingerprint density at radius 1 is 1.35 bits per heavy atom. The maximum Gasteiger partial charge on any atom is 0.234 e. The van der Waals surface area contributed by atoms with E-state index in [0.717, 1.165) is 39.1 Å². The summed E-state index contributed by atoms with van der Waals surface area (Å²) in [7, 11) is 1.63. The van der Waals surface area contributed by atoms with Crippen LogP contribution in [-0.2, 0) is 9.53 Å². The Bertz CT molecular complexity index is 268. The van der Waals surface area contributed by atoms with E-state index in [1.807, 2.05) is 0 Å². The molecule has 1 heterocycles. The minimum absolute atomic E-state index is 0.0828. The fourth-order valence-corrected chi connectivity index (χ4v) is 2.62. The van der Waals surface area contributed by atoms with E-state index in [1.54, 1.807) is 7.11 Å². The van der Waals surface area contributed by atoms with Crippen LogP contribution < -0.4 is 11.1 Å². The lowest BCUT2D eigenvalue weighted by atomic mass is 10.1. The minimum atomic E-state index is 0.0828. The third-order valence-corrected chi connectivity index (χ3v) is 3.81. The molecule has 0 spiro atoms. The van der Waals surface area contributed by atoms with Gasteiger partial charge in [-0.05, 0) is 6.42 Å². The fraction of sp³-hybridized carbons (Fsp3) is 0.929. The Kier molecular flexibility index (Phi) is 8.77. The maximum absolute atomic E-state index is 11.7. The largest absolute Gasteiger partial charge is 0.383 e. The normalized spacial score (nSPS) is 18.9.